The average Bonchev–Trinajstić information content (AvgIpc) is 3.05. The van der Waals surface area contributed by atoms with Gasteiger partial charge in [0, 0.05) is 24.6 Å². The topological polar surface area (TPSA) is 40.7 Å². The molecule has 3 nitrogen and oxygen atoms in total. The molecule has 4 rings (SSSR count). The summed E-state index contributed by atoms with van der Waals surface area (Å²) >= 11 is 6.17. The maximum atomic E-state index is 6.17. The number of anilines is 1. The van der Waals surface area contributed by atoms with E-state index in [9.17, 15) is 0 Å². The van der Waals surface area contributed by atoms with Gasteiger partial charge in [0.05, 0.1) is 10.5 Å². The van der Waals surface area contributed by atoms with E-state index in [1.807, 2.05) is 18.2 Å². The summed E-state index contributed by atoms with van der Waals surface area (Å²) in [6, 6.07) is 14.3. The number of halogens is 1. The number of imidazole rings is 1. The van der Waals surface area contributed by atoms with E-state index in [1.54, 1.807) is 0 Å². The highest BCUT2D eigenvalue weighted by Gasteiger charge is 2.23. The van der Waals surface area contributed by atoms with Crippen LogP contribution in [-0.2, 0) is 6.42 Å². The van der Waals surface area contributed by atoms with Gasteiger partial charge >= 0.3 is 0 Å². The monoisotopic (exact) mass is 283 g/mol. The first-order valence-electron chi connectivity index (χ1n) is 6.77. The van der Waals surface area contributed by atoms with Crippen molar-refractivity contribution < 1.29 is 0 Å². The average molecular weight is 284 g/mol. The second-order valence-electron chi connectivity index (χ2n) is 5.19. The van der Waals surface area contributed by atoms with Crippen LogP contribution in [-0.4, -0.2) is 16.5 Å². The van der Waals surface area contributed by atoms with Crippen LogP contribution in [0.25, 0.3) is 11.0 Å². The lowest BCUT2D eigenvalue weighted by Gasteiger charge is -2.07. The van der Waals surface area contributed by atoms with E-state index in [4.69, 9.17) is 11.6 Å². The van der Waals surface area contributed by atoms with E-state index in [2.05, 4.69) is 39.6 Å². The molecular formula is C16H14ClN3. The molecule has 0 saturated carbocycles. The maximum absolute atomic E-state index is 6.17. The summed E-state index contributed by atoms with van der Waals surface area (Å²) in [5.41, 5.74) is 4.49. The molecule has 1 aromatic heterocycles. The van der Waals surface area contributed by atoms with Crippen LogP contribution in [0.15, 0.2) is 42.5 Å². The minimum absolute atomic E-state index is 0.463. The van der Waals surface area contributed by atoms with Gasteiger partial charge < -0.3 is 10.3 Å². The molecule has 2 N–H and O–H groups in total. The number of fused-ring (bicyclic) bond motifs is 2. The number of nitrogens with one attached hydrogen (secondary N) is 2. The van der Waals surface area contributed by atoms with Crippen LogP contribution in [0.5, 0.6) is 0 Å². The van der Waals surface area contributed by atoms with Gasteiger partial charge in [-0.3, -0.25) is 0 Å². The highest BCUT2D eigenvalue weighted by molar-refractivity contribution is 6.34. The zero-order valence-electron chi connectivity index (χ0n) is 10.9. The molecule has 1 aliphatic heterocycles. The largest absolute Gasteiger partial charge is 0.384 e. The third kappa shape index (κ3) is 1.86. The first-order valence-corrected chi connectivity index (χ1v) is 7.15. The van der Waals surface area contributed by atoms with Crippen LogP contribution in [0.2, 0.25) is 5.02 Å². The van der Waals surface area contributed by atoms with Crippen molar-refractivity contribution >= 4 is 28.3 Å². The van der Waals surface area contributed by atoms with Crippen molar-refractivity contribution in [1.82, 2.24) is 9.97 Å². The van der Waals surface area contributed by atoms with E-state index < -0.39 is 0 Å². The van der Waals surface area contributed by atoms with Gasteiger partial charge in [0.1, 0.15) is 11.3 Å². The normalized spacial score (nSPS) is 17.1. The molecule has 0 spiro atoms. The van der Waals surface area contributed by atoms with Gasteiger partial charge in [-0.05, 0) is 23.8 Å². The van der Waals surface area contributed by atoms with Crippen LogP contribution < -0.4 is 5.32 Å². The molecule has 2 aromatic carbocycles. The minimum atomic E-state index is 0.463. The summed E-state index contributed by atoms with van der Waals surface area (Å²) in [4.78, 5) is 8.00. The lowest BCUT2D eigenvalue weighted by Crippen LogP contribution is -2.06. The van der Waals surface area contributed by atoms with E-state index in [-0.39, 0.29) is 0 Å². The molecule has 0 bridgehead atoms. The SMILES string of the molecule is Clc1cccc2[nH]c(CC3CNc4ccccc43)nc12. The zero-order valence-corrected chi connectivity index (χ0v) is 11.6. The molecule has 1 unspecified atom stereocenters. The van der Waals surface area contributed by atoms with Gasteiger partial charge in [0.2, 0.25) is 0 Å². The molecule has 3 aromatic rings. The predicted octanol–water partition coefficient (Wildman–Crippen LogP) is 3.97. The second-order valence-corrected chi connectivity index (χ2v) is 5.60. The van der Waals surface area contributed by atoms with E-state index in [1.165, 1.54) is 11.3 Å². The number of hydrogen-bond acceptors (Lipinski definition) is 2. The molecule has 0 aliphatic carbocycles. The van der Waals surface area contributed by atoms with E-state index in [0.717, 1.165) is 29.8 Å². The Kier molecular flexibility index (Phi) is 2.67. The molecule has 100 valence electrons. The number of hydrogen-bond donors (Lipinski definition) is 2. The predicted molar refractivity (Wildman–Crippen MR) is 82.5 cm³/mol. The standard InChI is InChI=1S/C16H14ClN3/c17-12-5-3-7-14-16(12)20-15(19-14)8-10-9-18-13-6-2-1-4-11(10)13/h1-7,10,18H,8-9H2,(H,19,20). The lowest BCUT2D eigenvalue weighted by atomic mass is 9.98. The zero-order chi connectivity index (χ0) is 13.5. The highest BCUT2D eigenvalue weighted by atomic mass is 35.5. The van der Waals surface area contributed by atoms with Crippen molar-refractivity contribution in [1.29, 1.82) is 0 Å². The Balaban J connectivity index is 1.67. The third-order valence-electron chi connectivity index (χ3n) is 3.89. The minimum Gasteiger partial charge on any atom is -0.384 e. The molecule has 20 heavy (non-hydrogen) atoms. The van der Waals surface area contributed by atoms with Crippen molar-refractivity contribution in [3.05, 3.63) is 58.9 Å². The molecule has 1 aliphatic rings. The van der Waals surface area contributed by atoms with Crippen molar-refractivity contribution in [2.24, 2.45) is 0 Å². The Bertz CT molecular complexity index is 778. The quantitative estimate of drug-likeness (QED) is 0.747. The van der Waals surface area contributed by atoms with Crippen molar-refractivity contribution in [3.63, 3.8) is 0 Å². The van der Waals surface area contributed by atoms with Crippen LogP contribution in [0, 0.1) is 0 Å². The lowest BCUT2D eigenvalue weighted by molar-refractivity contribution is 0.723. The van der Waals surface area contributed by atoms with Gasteiger partial charge in [-0.2, -0.15) is 0 Å². The first kappa shape index (κ1) is 11.8. The smallest absolute Gasteiger partial charge is 0.107 e. The number of aromatic amines is 1. The van der Waals surface area contributed by atoms with Gasteiger partial charge in [0.15, 0.2) is 0 Å². The van der Waals surface area contributed by atoms with Crippen LogP contribution >= 0.6 is 11.6 Å². The number of H-pyrrole nitrogens is 1. The fourth-order valence-electron chi connectivity index (χ4n) is 2.92. The Hall–Kier alpha value is -2.00. The van der Waals surface area contributed by atoms with Crippen LogP contribution in [0.4, 0.5) is 5.69 Å². The molecule has 0 fully saturated rings. The summed E-state index contributed by atoms with van der Waals surface area (Å²) < 4.78 is 0. The maximum Gasteiger partial charge on any atom is 0.107 e. The Labute approximate surface area is 122 Å². The first-order chi connectivity index (χ1) is 9.81. The third-order valence-corrected chi connectivity index (χ3v) is 4.20. The number of nitrogens with zero attached hydrogens (tertiary/aromatic N) is 1. The number of para-hydroxylation sites is 2. The number of benzene rings is 2. The summed E-state index contributed by atoms with van der Waals surface area (Å²) in [6.45, 7) is 0.962. The van der Waals surface area contributed by atoms with Crippen LogP contribution in [0.3, 0.4) is 0 Å². The van der Waals surface area contributed by atoms with Gasteiger partial charge in [-0.25, -0.2) is 4.98 Å². The number of rotatable bonds is 2. The van der Waals surface area contributed by atoms with E-state index in [0.29, 0.717) is 10.9 Å². The molecule has 2 heterocycles. The Morgan fingerprint density at radius 3 is 2.95 bits per heavy atom. The van der Waals surface area contributed by atoms with Gasteiger partial charge in [-0.1, -0.05) is 35.9 Å². The van der Waals surface area contributed by atoms with Crippen LogP contribution in [0.1, 0.15) is 17.3 Å². The summed E-state index contributed by atoms with van der Waals surface area (Å²) in [6.07, 6.45) is 0.898. The fraction of sp³-hybridized carbons (Fsp3) is 0.188. The van der Waals surface area contributed by atoms with Gasteiger partial charge in [-0.15, -0.1) is 0 Å². The summed E-state index contributed by atoms with van der Waals surface area (Å²) in [5.74, 6) is 1.46. The van der Waals surface area contributed by atoms with Gasteiger partial charge in [0.25, 0.3) is 0 Å². The Morgan fingerprint density at radius 2 is 2.05 bits per heavy atom. The molecular weight excluding hydrogens is 270 g/mol. The molecule has 1 atom stereocenters. The van der Waals surface area contributed by atoms with E-state index >= 15 is 0 Å². The molecule has 0 saturated heterocycles. The summed E-state index contributed by atoms with van der Waals surface area (Å²) in [5, 5.41) is 4.15. The van der Waals surface area contributed by atoms with Crippen molar-refractivity contribution in [3.8, 4) is 0 Å². The van der Waals surface area contributed by atoms with Crippen molar-refractivity contribution in [2.75, 3.05) is 11.9 Å². The second kappa shape index (κ2) is 4.53. The van der Waals surface area contributed by atoms with Crippen molar-refractivity contribution in [2.45, 2.75) is 12.3 Å². The molecule has 0 amide bonds. The summed E-state index contributed by atoms with van der Waals surface area (Å²) in [7, 11) is 0. The molecule has 0 radical (unpaired) electrons. The number of aromatic nitrogens is 2. The Morgan fingerprint density at radius 1 is 1.15 bits per heavy atom. The molecule has 4 heteroatoms. The fourth-order valence-corrected chi connectivity index (χ4v) is 3.13. The highest BCUT2D eigenvalue weighted by Crippen LogP contribution is 2.33.